The van der Waals surface area contributed by atoms with E-state index in [1.165, 1.54) is 0 Å². The van der Waals surface area contributed by atoms with Crippen LogP contribution in [0.15, 0.2) is 91.5 Å². The Balaban J connectivity index is 1.43. The van der Waals surface area contributed by atoms with Gasteiger partial charge in [0.25, 0.3) is 5.91 Å². The molecule has 32 heavy (non-hydrogen) atoms. The zero-order valence-corrected chi connectivity index (χ0v) is 18.4. The van der Waals surface area contributed by atoms with E-state index in [2.05, 4.69) is 11.9 Å². The van der Waals surface area contributed by atoms with Crippen LogP contribution >= 0.6 is 11.8 Å². The first-order valence-corrected chi connectivity index (χ1v) is 11.4. The third-order valence-corrected chi connectivity index (χ3v) is 6.34. The summed E-state index contributed by atoms with van der Waals surface area (Å²) in [5.41, 5.74) is 3.32. The van der Waals surface area contributed by atoms with E-state index in [1.807, 2.05) is 65.6 Å². The van der Waals surface area contributed by atoms with Gasteiger partial charge >= 0.3 is 0 Å². The van der Waals surface area contributed by atoms with Crippen LogP contribution in [0, 0.1) is 0 Å². The minimum atomic E-state index is -0.200. The maximum absolute atomic E-state index is 12.7. The topological polar surface area (TPSA) is 58.6 Å². The van der Waals surface area contributed by atoms with Crippen LogP contribution < -0.4 is 10.1 Å². The van der Waals surface area contributed by atoms with Crippen LogP contribution in [0.3, 0.4) is 0 Å². The Kier molecular flexibility index (Phi) is 6.92. The van der Waals surface area contributed by atoms with Gasteiger partial charge in [-0.25, -0.2) is 0 Å². The summed E-state index contributed by atoms with van der Waals surface area (Å²) in [5.74, 6) is 1.06. The summed E-state index contributed by atoms with van der Waals surface area (Å²) in [5, 5.41) is 2.84. The molecule has 1 heterocycles. The Bertz CT molecular complexity index is 1100. The van der Waals surface area contributed by atoms with Gasteiger partial charge in [-0.15, -0.1) is 11.8 Å². The maximum atomic E-state index is 12.7. The number of hydrogen-bond acceptors (Lipinski definition) is 4. The summed E-state index contributed by atoms with van der Waals surface area (Å²) >= 11 is 1.61. The van der Waals surface area contributed by atoms with Gasteiger partial charge in [-0.3, -0.25) is 9.59 Å². The average Bonchev–Trinajstić information content (AvgIpc) is 3.18. The molecular weight excluding hydrogens is 420 g/mol. The predicted molar refractivity (Wildman–Crippen MR) is 129 cm³/mol. The van der Waals surface area contributed by atoms with Gasteiger partial charge in [0.2, 0.25) is 5.91 Å². The average molecular weight is 445 g/mol. The highest BCUT2D eigenvalue weighted by molar-refractivity contribution is 8.00. The molecule has 4 rings (SSSR count). The van der Waals surface area contributed by atoms with Gasteiger partial charge in [0.1, 0.15) is 17.7 Å². The third kappa shape index (κ3) is 5.21. The number of benzene rings is 3. The fraction of sp³-hybridized carbons (Fsp3) is 0.154. The Hall–Kier alpha value is -3.51. The predicted octanol–water partition coefficient (Wildman–Crippen LogP) is 5.28. The van der Waals surface area contributed by atoms with Crippen LogP contribution in [-0.4, -0.2) is 29.1 Å². The highest BCUT2D eigenvalue weighted by atomic mass is 32.2. The molecule has 3 aromatic rings. The lowest BCUT2D eigenvalue weighted by Gasteiger charge is -2.24. The van der Waals surface area contributed by atoms with Crippen LogP contribution in [-0.2, 0) is 11.3 Å². The molecule has 0 radical (unpaired) electrons. The summed E-state index contributed by atoms with van der Waals surface area (Å²) < 4.78 is 5.51. The lowest BCUT2D eigenvalue weighted by Crippen LogP contribution is -2.27. The minimum absolute atomic E-state index is 0.0569. The van der Waals surface area contributed by atoms with Gasteiger partial charge < -0.3 is 15.0 Å². The van der Waals surface area contributed by atoms with E-state index in [-0.39, 0.29) is 17.2 Å². The molecule has 0 unspecified atom stereocenters. The maximum Gasteiger partial charge on any atom is 0.255 e. The van der Waals surface area contributed by atoms with Crippen molar-refractivity contribution in [1.82, 2.24) is 4.90 Å². The van der Waals surface area contributed by atoms with E-state index in [0.29, 0.717) is 35.9 Å². The molecule has 0 spiro atoms. The van der Waals surface area contributed by atoms with E-state index in [1.54, 1.807) is 36.0 Å². The van der Waals surface area contributed by atoms with Crippen molar-refractivity contribution in [2.75, 3.05) is 17.7 Å². The molecule has 0 saturated carbocycles. The first-order valence-electron chi connectivity index (χ1n) is 10.3. The zero-order valence-electron chi connectivity index (χ0n) is 17.6. The number of nitrogens with zero attached hydrogens (tertiary/aromatic N) is 1. The van der Waals surface area contributed by atoms with Crippen molar-refractivity contribution in [2.24, 2.45) is 0 Å². The van der Waals surface area contributed by atoms with Crippen LogP contribution in [0.4, 0.5) is 5.69 Å². The van der Waals surface area contributed by atoms with Crippen molar-refractivity contribution in [3.05, 3.63) is 108 Å². The van der Waals surface area contributed by atoms with E-state index in [9.17, 15) is 9.59 Å². The van der Waals surface area contributed by atoms with Gasteiger partial charge in [0, 0.05) is 23.9 Å². The summed E-state index contributed by atoms with van der Waals surface area (Å²) in [6.45, 7) is 4.61. The zero-order chi connectivity index (χ0) is 22.3. The van der Waals surface area contributed by atoms with Crippen LogP contribution in [0.2, 0.25) is 0 Å². The summed E-state index contributed by atoms with van der Waals surface area (Å²) in [6.07, 6.45) is 1.67. The van der Waals surface area contributed by atoms with Gasteiger partial charge in [0.05, 0.1) is 5.75 Å². The Morgan fingerprint density at radius 1 is 1.09 bits per heavy atom. The first-order chi connectivity index (χ1) is 15.6. The van der Waals surface area contributed by atoms with E-state index in [4.69, 9.17) is 4.74 Å². The smallest absolute Gasteiger partial charge is 0.255 e. The van der Waals surface area contributed by atoms with Crippen LogP contribution in [0.25, 0.3) is 0 Å². The quantitative estimate of drug-likeness (QED) is 0.481. The van der Waals surface area contributed by atoms with E-state index >= 15 is 0 Å². The molecular formula is C26H24N2O3S. The fourth-order valence-corrected chi connectivity index (χ4v) is 4.69. The largest absolute Gasteiger partial charge is 0.489 e. The highest BCUT2D eigenvalue weighted by Gasteiger charge is 2.32. The molecule has 3 aromatic carbocycles. The molecule has 5 nitrogen and oxygen atoms in total. The third-order valence-electron chi connectivity index (χ3n) is 5.08. The molecule has 0 aliphatic carbocycles. The normalized spacial score (nSPS) is 15.4. The van der Waals surface area contributed by atoms with Crippen molar-refractivity contribution in [3.63, 3.8) is 0 Å². The molecule has 1 atom stereocenters. The molecule has 1 aliphatic heterocycles. The summed E-state index contributed by atoms with van der Waals surface area (Å²) in [7, 11) is 0. The highest BCUT2D eigenvalue weighted by Crippen LogP contribution is 2.39. The summed E-state index contributed by atoms with van der Waals surface area (Å²) in [4.78, 5) is 27.0. The first kappa shape index (κ1) is 21.7. The minimum Gasteiger partial charge on any atom is -0.489 e. The van der Waals surface area contributed by atoms with Gasteiger partial charge in [-0.05, 0) is 35.4 Å². The number of nitrogens with one attached hydrogen (secondary N) is 1. The van der Waals surface area contributed by atoms with Gasteiger partial charge in [-0.2, -0.15) is 0 Å². The number of carbonyl (C=O) groups is 2. The second-order valence-corrected chi connectivity index (χ2v) is 8.44. The number of carbonyl (C=O) groups excluding carboxylic acids is 2. The number of rotatable bonds is 8. The number of hydrogen-bond donors (Lipinski definition) is 1. The van der Waals surface area contributed by atoms with Crippen molar-refractivity contribution in [3.8, 4) is 5.75 Å². The van der Waals surface area contributed by atoms with Gasteiger partial charge in [-0.1, -0.05) is 61.2 Å². The monoisotopic (exact) mass is 444 g/mol. The van der Waals surface area contributed by atoms with E-state index < -0.39 is 0 Å². The number of amides is 2. The molecule has 6 heteroatoms. The fourth-order valence-electron chi connectivity index (χ4n) is 3.50. The Morgan fingerprint density at radius 2 is 1.88 bits per heavy atom. The lowest BCUT2D eigenvalue weighted by atomic mass is 10.1. The van der Waals surface area contributed by atoms with Crippen LogP contribution in [0.5, 0.6) is 5.75 Å². The number of ether oxygens (including phenoxy) is 1. The molecule has 2 amide bonds. The molecule has 1 saturated heterocycles. The molecule has 1 fully saturated rings. The molecule has 162 valence electrons. The Labute approximate surface area is 192 Å². The molecule has 0 aromatic heterocycles. The van der Waals surface area contributed by atoms with Crippen LogP contribution in [0.1, 0.15) is 26.9 Å². The lowest BCUT2D eigenvalue weighted by molar-refractivity contribution is -0.128. The summed E-state index contributed by atoms with van der Waals surface area (Å²) in [6, 6.07) is 24.7. The van der Waals surface area contributed by atoms with Gasteiger partial charge in [0.15, 0.2) is 0 Å². The molecule has 1 aliphatic rings. The van der Waals surface area contributed by atoms with Crippen molar-refractivity contribution in [1.29, 1.82) is 0 Å². The number of anilines is 1. The SMILES string of the molecule is C=CCOc1cccc(NC(=O)c2ccc([C@H]3SCC(=O)N3Cc3ccccc3)cc2)c1. The second-order valence-electron chi connectivity index (χ2n) is 7.37. The standard InChI is InChI=1S/C26H24N2O3S/c1-2-15-31-23-10-6-9-22(16-23)27-25(30)20-11-13-21(14-12-20)26-28(24(29)18-32-26)17-19-7-4-3-5-8-19/h2-14,16,26H,1,15,17-18H2,(H,27,30)/t26-/m1/s1. The number of thioether (sulfide) groups is 1. The van der Waals surface area contributed by atoms with E-state index in [0.717, 1.165) is 11.1 Å². The van der Waals surface area contributed by atoms with Crippen molar-refractivity contribution in [2.45, 2.75) is 11.9 Å². The van der Waals surface area contributed by atoms with Crippen molar-refractivity contribution < 1.29 is 14.3 Å². The molecule has 1 N–H and O–H groups in total. The Morgan fingerprint density at radius 3 is 2.62 bits per heavy atom. The van der Waals surface area contributed by atoms with Crippen molar-refractivity contribution >= 4 is 29.3 Å². The second kappa shape index (κ2) is 10.2. The molecule has 0 bridgehead atoms.